The Hall–Kier alpha value is -4.53. The lowest BCUT2D eigenvalue weighted by Crippen LogP contribution is -2.06. The second kappa shape index (κ2) is 8.91. The van der Waals surface area contributed by atoms with Crippen LogP contribution in [0.3, 0.4) is 0 Å². The molecule has 2 heterocycles. The SMILES string of the molecule is CCOC(=O)c1cc(C(=O)c2ccc([N+](=O)[O-])cc2)n2cnc(-c3cccc(OC)c3)cc12. The van der Waals surface area contributed by atoms with Gasteiger partial charge < -0.3 is 9.47 Å². The van der Waals surface area contributed by atoms with E-state index < -0.39 is 16.7 Å². The van der Waals surface area contributed by atoms with Crippen LogP contribution in [-0.2, 0) is 4.74 Å². The summed E-state index contributed by atoms with van der Waals surface area (Å²) in [6.45, 7) is 1.87. The Morgan fingerprint density at radius 1 is 1.09 bits per heavy atom. The van der Waals surface area contributed by atoms with Gasteiger partial charge in [0.25, 0.3) is 5.69 Å². The number of hydrogen-bond acceptors (Lipinski definition) is 7. The van der Waals surface area contributed by atoms with E-state index in [1.807, 2.05) is 24.3 Å². The van der Waals surface area contributed by atoms with Gasteiger partial charge in [0.2, 0.25) is 5.78 Å². The molecule has 0 aliphatic carbocycles. The van der Waals surface area contributed by atoms with E-state index >= 15 is 0 Å². The van der Waals surface area contributed by atoms with Gasteiger partial charge in [-0.1, -0.05) is 12.1 Å². The van der Waals surface area contributed by atoms with Gasteiger partial charge in [-0.3, -0.25) is 19.3 Å². The van der Waals surface area contributed by atoms with Crippen LogP contribution in [0, 0.1) is 10.1 Å². The number of nitro benzene ring substituents is 1. The van der Waals surface area contributed by atoms with E-state index in [1.54, 1.807) is 20.1 Å². The summed E-state index contributed by atoms with van der Waals surface area (Å²) in [5.41, 5.74) is 2.33. The molecule has 0 bridgehead atoms. The molecule has 0 saturated carbocycles. The van der Waals surface area contributed by atoms with Gasteiger partial charge in [-0.15, -0.1) is 0 Å². The number of non-ortho nitro benzene ring substituents is 1. The summed E-state index contributed by atoms with van der Waals surface area (Å²) in [4.78, 5) is 40.6. The van der Waals surface area contributed by atoms with Crippen molar-refractivity contribution in [2.24, 2.45) is 0 Å². The fraction of sp³-hybridized carbons (Fsp3) is 0.125. The van der Waals surface area contributed by atoms with Crippen LogP contribution in [-0.4, -0.2) is 39.8 Å². The second-order valence-electron chi connectivity index (χ2n) is 7.06. The van der Waals surface area contributed by atoms with Crippen LogP contribution in [0.1, 0.15) is 33.3 Å². The molecule has 9 heteroatoms. The minimum absolute atomic E-state index is 0.122. The molecule has 0 fully saturated rings. The number of nitro groups is 1. The van der Waals surface area contributed by atoms with Crippen LogP contribution in [0.5, 0.6) is 5.75 Å². The molecular weight excluding hydrogens is 426 g/mol. The maximum atomic E-state index is 13.2. The van der Waals surface area contributed by atoms with Crippen LogP contribution in [0.2, 0.25) is 0 Å². The Balaban J connectivity index is 1.84. The van der Waals surface area contributed by atoms with Crippen LogP contribution < -0.4 is 4.74 Å². The second-order valence-corrected chi connectivity index (χ2v) is 7.06. The third-order valence-corrected chi connectivity index (χ3v) is 5.10. The lowest BCUT2D eigenvalue weighted by molar-refractivity contribution is -0.384. The van der Waals surface area contributed by atoms with Crippen LogP contribution in [0.25, 0.3) is 16.8 Å². The lowest BCUT2D eigenvalue weighted by atomic mass is 10.1. The van der Waals surface area contributed by atoms with Gasteiger partial charge in [0.15, 0.2) is 0 Å². The topological polar surface area (TPSA) is 113 Å². The average Bonchev–Trinajstić information content (AvgIpc) is 3.23. The minimum Gasteiger partial charge on any atom is -0.497 e. The number of ketones is 1. The molecule has 0 amide bonds. The summed E-state index contributed by atoms with van der Waals surface area (Å²) in [5.74, 6) is -0.323. The van der Waals surface area contributed by atoms with Crippen molar-refractivity contribution in [3.8, 4) is 17.0 Å². The molecule has 0 spiro atoms. The summed E-state index contributed by atoms with van der Waals surface area (Å²) < 4.78 is 12.0. The number of ether oxygens (including phenoxy) is 2. The standard InChI is InChI=1S/C24H19N3O6/c1-3-33-24(29)19-12-22(23(28)15-7-9-17(10-8-15)27(30)31)26-14-25-20(13-21(19)26)16-5-4-6-18(11-16)32-2/h4-14H,3H2,1-2H3. The predicted octanol–water partition coefficient (Wildman–Crippen LogP) is 4.33. The van der Waals surface area contributed by atoms with Crippen LogP contribution in [0.15, 0.2) is 67.0 Å². The van der Waals surface area contributed by atoms with Crippen molar-refractivity contribution in [3.63, 3.8) is 0 Å². The van der Waals surface area contributed by atoms with Gasteiger partial charge in [0.05, 0.1) is 41.1 Å². The highest BCUT2D eigenvalue weighted by Gasteiger charge is 2.23. The molecule has 4 rings (SSSR count). The maximum Gasteiger partial charge on any atom is 0.340 e. The molecule has 2 aromatic heterocycles. The zero-order chi connectivity index (χ0) is 23.5. The van der Waals surface area contributed by atoms with E-state index in [0.717, 1.165) is 5.56 Å². The Kier molecular flexibility index (Phi) is 5.86. The zero-order valence-electron chi connectivity index (χ0n) is 17.8. The minimum atomic E-state index is -0.569. The van der Waals surface area contributed by atoms with Gasteiger partial charge >= 0.3 is 5.97 Å². The lowest BCUT2D eigenvalue weighted by Gasteiger charge is -2.07. The average molecular weight is 445 g/mol. The first kappa shape index (κ1) is 21.7. The molecule has 33 heavy (non-hydrogen) atoms. The molecule has 4 aromatic rings. The van der Waals surface area contributed by atoms with Gasteiger partial charge in [-0.05, 0) is 43.3 Å². The summed E-state index contributed by atoms with van der Waals surface area (Å²) in [5, 5.41) is 10.9. The largest absolute Gasteiger partial charge is 0.497 e. The number of carbonyl (C=O) groups is 2. The summed E-state index contributed by atoms with van der Waals surface area (Å²) in [6, 6.07) is 15.7. The highest BCUT2D eigenvalue weighted by molar-refractivity contribution is 6.11. The number of rotatable bonds is 7. The number of methoxy groups -OCH3 is 1. The number of aromatic nitrogens is 2. The van der Waals surface area contributed by atoms with E-state index in [1.165, 1.54) is 41.1 Å². The normalized spacial score (nSPS) is 10.7. The molecule has 9 nitrogen and oxygen atoms in total. The quantitative estimate of drug-likeness (QED) is 0.180. The Labute approximate surface area is 188 Å². The summed E-state index contributed by atoms with van der Waals surface area (Å²) >= 11 is 0. The maximum absolute atomic E-state index is 13.2. The van der Waals surface area contributed by atoms with Crippen molar-refractivity contribution in [1.82, 2.24) is 9.38 Å². The highest BCUT2D eigenvalue weighted by Crippen LogP contribution is 2.27. The number of fused-ring (bicyclic) bond motifs is 1. The molecule has 0 atom stereocenters. The number of hydrogen-bond donors (Lipinski definition) is 0. The number of nitrogens with zero attached hydrogens (tertiary/aromatic N) is 3. The highest BCUT2D eigenvalue weighted by atomic mass is 16.6. The van der Waals surface area contributed by atoms with E-state index in [4.69, 9.17) is 9.47 Å². The van der Waals surface area contributed by atoms with Crippen LogP contribution >= 0.6 is 0 Å². The molecule has 0 N–H and O–H groups in total. The molecule has 0 radical (unpaired) electrons. The van der Waals surface area contributed by atoms with E-state index in [2.05, 4.69) is 4.98 Å². The molecule has 166 valence electrons. The van der Waals surface area contributed by atoms with Crippen molar-refractivity contribution in [1.29, 1.82) is 0 Å². The van der Waals surface area contributed by atoms with Gasteiger partial charge in [-0.2, -0.15) is 0 Å². The summed E-state index contributed by atoms with van der Waals surface area (Å²) in [6.07, 6.45) is 1.46. The fourth-order valence-electron chi connectivity index (χ4n) is 3.47. The fourth-order valence-corrected chi connectivity index (χ4v) is 3.47. The van der Waals surface area contributed by atoms with Crippen molar-refractivity contribution in [2.75, 3.05) is 13.7 Å². The van der Waals surface area contributed by atoms with E-state index in [9.17, 15) is 19.7 Å². The molecule has 0 unspecified atom stereocenters. The third kappa shape index (κ3) is 4.16. The smallest absolute Gasteiger partial charge is 0.340 e. The van der Waals surface area contributed by atoms with Gasteiger partial charge in [0, 0.05) is 23.3 Å². The Morgan fingerprint density at radius 3 is 2.52 bits per heavy atom. The van der Waals surface area contributed by atoms with Gasteiger partial charge in [-0.25, -0.2) is 9.78 Å². The zero-order valence-corrected chi connectivity index (χ0v) is 17.8. The third-order valence-electron chi connectivity index (χ3n) is 5.10. The van der Waals surface area contributed by atoms with E-state index in [0.29, 0.717) is 17.0 Å². The van der Waals surface area contributed by atoms with Crippen LogP contribution in [0.4, 0.5) is 5.69 Å². The number of esters is 1. The Morgan fingerprint density at radius 2 is 1.85 bits per heavy atom. The van der Waals surface area contributed by atoms with E-state index in [-0.39, 0.29) is 29.1 Å². The van der Waals surface area contributed by atoms with Crippen molar-refractivity contribution < 1.29 is 24.0 Å². The van der Waals surface area contributed by atoms with Crippen molar-refractivity contribution in [2.45, 2.75) is 6.92 Å². The molecule has 0 aliphatic heterocycles. The monoisotopic (exact) mass is 445 g/mol. The number of carbonyl (C=O) groups excluding carboxylic acids is 2. The number of benzene rings is 2. The molecule has 0 saturated heterocycles. The van der Waals surface area contributed by atoms with Crippen molar-refractivity contribution in [3.05, 3.63) is 93.9 Å². The first-order chi connectivity index (χ1) is 15.9. The molecular formula is C24H19N3O6. The Bertz CT molecular complexity index is 1370. The molecule has 2 aromatic carbocycles. The first-order valence-electron chi connectivity index (χ1n) is 10.0. The van der Waals surface area contributed by atoms with Crippen molar-refractivity contribution >= 4 is 23.0 Å². The summed E-state index contributed by atoms with van der Waals surface area (Å²) in [7, 11) is 1.57. The first-order valence-corrected chi connectivity index (χ1v) is 10.0. The molecule has 0 aliphatic rings. The van der Waals surface area contributed by atoms with Gasteiger partial charge in [0.1, 0.15) is 12.1 Å². The predicted molar refractivity (Wildman–Crippen MR) is 120 cm³/mol.